The Labute approximate surface area is 189 Å². The molecule has 2 amide bonds. The highest BCUT2D eigenvalue weighted by atomic mass is 16.5. The van der Waals surface area contributed by atoms with E-state index in [1.54, 1.807) is 0 Å². The van der Waals surface area contributed by atoms with Gasteiger partial charge in [-0.2, -0.15) is 0 Å². The van der Waals surface area contributed by atoms with Gasteiger partial charge in [-0.15, -0.1) is 5.10 Å². The van der Waals surface area contributed by atoms with Crippen LogP contribution in [0.25, 0.3) is 0 Å². The van der Waals surface area contributed by atoms with E-state index in [9.17, 15) is 9.59 Å². The number of amides is 2. The number of hydrogen-bond donors (Lipinski definition) is 1. The van der Waals surface area contributed by atoms with Crippen molar-refractivity contribution in [1.82, 2.24) is 25.2 Å². The Morgan fingerprint density at radius 1 is 1.09 bits per heavy atom. The molecule has 1 saturated carbocycles. The molecule has 9 heteroatoms. The minimum absolute atomic E-state index is 0.0182. The number of piperidine rings is 1. The predicted octanol–water partition coefficient (Wildman–Crippen LogP) is 1.79. The fraction of sp³-hybridized carbons (Fsp3) is 0.826. The van der Waals surface area contributed by atoms with Crippen LogP contribution in [0.2, 0.25) is 0 Å². The molecule has 4 heterocycles. The molecule has 1 atom stereocenters. The van der Waals surface area contributed by atoms with E-state index in [1.165, 1.54) is 25.7 Å². The van der Waals surface area contributed by atoms with Crippen molar-refractivity contribution in [3.8, 4) is 0 Å². The van der Waals surface area contributed by atoms with Crippen LogP contribution in [0.1, 0.15) is 69.2 Å². The van der Waals surface area contributed by atoms with Crippen molar-refractivity contribution in [2.75, 3.05) is 26.3 Å². The summed E-state index contributed by atoms with van der Waals surface area (Å²) in [6, 6.07) is 0. The fourth-order valence-corrected chi connectivity index (χ4v) is 5.75. The zero-order chi connectivity index (χ0) is 22.0. The lowest BCUT2D eigenvalue weighted by molar-refractivity contribution is -0.153. The van der Waals surface area contributed by atoms with E-state index in [-0.39, 0.29) is 23.3 Å². The molecule has 3 fully saturated rings. The second-order valence-electron chi connectivity index (χ2n) is 9.99. The molecule has 1 aromatic rings. The molecule has 1 spiro atoms. The molecule has 1 aliphatic carbocycles. The van der Waals surface area contributed by atoms with E-state index in [1.807, 2.05) is 9.58 Å². The topological polar surface area (TPSA) is 98.6 Å². The molecule has 3 aliphatic heterocycles. The van der Waals surface area contributed by atoms with E-state index in [0.29, 0.717) is 51.8 Å². The molecule has 32 heavy (non-hydrogen) atoms. The van der Waals surface area contributed by atoms with Crippen molar-refractivity contribution < 1.29 is 19.1 Å². The van der Waals surface area contributed by atoms with Gasteiger partial charge in [0.1, 0.15) is 11.3 Å². The smallest absolute Gasteiger partial charge is 0.223 e. The van der Waals surface area contributed by atoms with Gasteiger partial charge in [0, 0.05) is 32.1 Å². The number of carbonyl (C=O) groups excluding carboxylic acids is 2. The number of aromatic nitrogens is 3. The van der Waals surface area contributed by atoms with E-state index in [2.05, 4.69) is 15.6 Å². The summed E-state index contributed by atoms with van der Waals surface area (Å²) >= 11 is 0. The Morgan fingerprint density at radius 3 is 2.72 bits per heavy atom. The van der Waals surface area contributed by atoms with Crippen LogP contribution in [0.5, 0.6) is 0 Å². The van der Waals surface area contributed by atoms with Crippen LogP contribution in [0.15, 0.2) is 0 Å². The lowest BCUT2D eigenvalue weighted by Crippen LogP contribution is -2.55. The first-order chi connectivity index (χ1) is 15.6. The van der Waals surface area contributed by atoms with E-state index in [0.717, 1.165) is 43.6 Å². The number of nitrogens with zero attached hydrogens (tertiary/aromatic N) is 4. The van der Waals surface area contributed by atoms with Crippen molar-refractivity contribution >= 4 is 11.8 Å². The average molecular weight is 446 g/mol. The van der Waals surface area contributed by atoms with E-state index >= 15 is 0 Å². The van der Waals surface area contributed by atoms with Gasteiger partial charge in [0.25, 0.3) is 0 Å². The zero-order valence-electron chi connectivity index (χ0n) is 18.9. The van der Waals surface area contributed by atoms with Crippen LogP contribution in [0.3, 0.4) is 0 Å². The van der Waals surface area contributed by atoms with Gasteiger partial charge in [-0.1, -0.05) is 18.1 Å². The molecule has 2 saturated heterocycles. The number of ether oxygens (including phenoxy) is 2. The van der Waals surface area contributed by atoms with Gasteiger partial charge in [-0.3, -0.25) is 9.59 Å². The van der Waals surface area contributed by atoms with Crippen LogP contribution in [-0.4, -0.2) is 63.6 Å². The van der Waals surface area contributed by atoms with Gasteiger partial charge >= 0.3 is 0 Å². The summed E-state index contributed by atoms with van der Waals surface area (Å²) < 4.78 is 13.6. The van der Waals surface area contributed by atoms with Gasteiger partial charge < -0.3 is 19.7 Å². The molecular weight excluding hydrogens is 410 g/mol. The molecule has 9 nitrogen and oxygen atoms in total. The summed E-state index contributed by atoms with van der Waals surface area (Å²) in [4.78, 5) is 27.3. The van der Waals surface area contributed by atoms with Gasteiger partial charge in [-0.25, -0.2) is 4.68 Å². The maximum absolute atomic E-state index is 12.9. The Kier molecular flexibility index (Phi) is 6.46. The highest BCUT2D eigenvalue weighted by Gasteiger charge is 2.42. The first kappa shape index (κ1) is 21.8. The lowest BCUT2D eigenvalue weighted by Gasteiger charge is -2.44. The van der Waals surface area contributed by atoms with E-state index in [4.69, 9.17) is 9.47 Å². The summed E-state index contributed by atoms with van der Waals surface area (Å²) in [5.41, 5.74) is 1.31. The van der Waals surface area contributed by atoms with E-state index < -0.39 is 0 Å². The zero-order valence-corrected chi connectivity index (χ0v) is 18.9. The summed E-state index contributed by atoms with van der Waals surface area (Å²) in [6.45, 7) is 4.15. The van der Waals surface area contributed by atoms with Crippen molar-refractivity contribution in [2.45, 2.75) is 83.1 Å². The van der Waals surface area contributed by atoms with Gasteiger partial charge in [0.05, 0.1) is 31.9 Å². The van der Waals surface area contributed by atoms with Crippen molar-refractivity contribution in [2.24, 2.45) is 11.8 Å². The number of likely N-dealkylation sites (tertiary alicyclic amines) is 1. The predicted molar refractivity (Wildman–Crippen MR) is 115 cm³/mol. The second kappa shape index (κ2) is 9.47. The minimum Gasteiger partial charge on any atom is -0.381 e. The molecule has 4 aliphatic rings. The number of fused-ring (bicyclic) bond motifs is 1. The van der Waals surface area contributed by atoms with Gasteiger partial charge in [-0.05, 0) is 44.4 Å². The third kappa shape index (κ3) is 4.69. The summed E-state index contributed by atoms with van der Waals surface area (Å²) in [7, 11) is 0. The molecular formula is C23H35N5O4. The Balaban J connectivity index is 1.18. The molecule has 0 aromatic carbocycles. The first-order valence-corrected chi connectivity index (χ1v) is 12.3. The molecule has 1 N–H and O–H groups in total. The molecule has 1 unspecified atom stereocenters. The average Bonchev–Trinajstić information content (AvgIpc) is 3.47. The molecule has 0 radical (unpaired) electrons. The molecule has 5 rings (SSSR count). The Hall–Kier alpha value is -2.00. The number of carbonyl (C=O) groups is 2. The van der Waals surface area contributed by atoms with Gasteiger partial charge in [0.15, 0.2) is 0 Å². The van der Waals surface area contributed by atoms with Crippen LogP contribution in [-0.2, 0) is 38.8 Å². The quantitative estimate of drug-likeness (QED) is 0.742. The van der Waals surface area contributed by atoms with Gasteiger partial charge in [0.2, 0.25) is 11.8 Å². The third-order valence-corrected chi connectivity index (χ3v) is 7.72. The largest absolute Gasteiger partial charge is 0.381 e. The van der Waals surface area contributed by atoms with Crippen LogP contribution < -0.4 is 5.32 Å². The Morgan fingerprint density at radius 2 is 1.91 bits per heavy atom. The molecule has 176 valence electrons. The second-order valence-corrected chi connectivity index (χ2v) is 9.99. The van der Waals surface area contributed by atoms with Crippen molar-refractivity contribution in [3.63, 3.8) is 0 Å². The van der Waals surface area contributed by atoms with Crippen molar-refractivity contribution in [1.29, 1.82) is 0 Å². The molecule has 1 aromatic heterocycles. The number of nitrogens with one attached hydrogen (secondary N) is 1. The maximum Gasteiger partial charge on any atom is 0.223 e. The van der Waals surface area contributed by atoms with Crippen molar-refractivity contribution in [3.05, 3.63) is 11.4 Å². The Bertz CT molecular complexity index is 830. The lowest BCUT2D eigenvalue weighted by atomic mass is 9.90. The monoisotopic (exact) mass is 445 g/mol. The summed E-state index contributed by atoms with van der Waals surface area (Å²) in [5.74, 6) is 0.922. The highest BCUT2D eigenvalue weighted by Crippen LogP contribution is 2.34. The first-order valence-electron chi connectivity index (χ1n) is 12.3. The third-order valence-electron chi connectivity index (χ3n) is 7.72. The van der Waals surface area contributed by atoms with Crippen LogP contribution in [0.4, 0.5) is 0 Å². The summed E-state index contributed by atoms with van der Waals surface area (Å²) in [6.07, 6.45) is 9.01. The minimum atomic E-state index is -0.382. The standard InChI is InChI=1S/C23H35N5O4/c29-21(12-17-4-1-2-5-17)27-9-3-8-23(15-27)16-28-20(14-32-23)19(25-26-28)13-24-22(30)18-6-10-31-11-7-18/h17-18H,1-16H2,(H,24,30). The number of hydrogen-bond acceptors (Lipinski definition) is 6. The van der Waals surface area contributed by atoms with Crippen LogP contribution >= 0.6 is 0 Å². The summed E-state index contributed by atoms with van der Waals surface area (Å²) in [5, 5.41) is 11.7. The van der Waals surface area contributed by atoms with Crippen LogP contribution in [0, 0.1) is 11.8 Å². The normalized spacial score (nSPS) is 26.9. The highest BCUT2D eigenvalue weighted by molar-refractivity contribution is 5.78. The maximum atomic E-state index is 12.9. The molecule has 0 bridgehead atoms. The SMILES string of the molecule is O=C(NCc1nnn2c1COC1(CCCN(C(=O)CC3CCCC3)C1)C2)C1CCOCC1. The fourth-order valence-electron chi connectivity index (χ4n) is 5.75. The number of rotatable bonds is 5.